The van der Waals surface area contributed by atoms with Crippen LogP contribution in [0.15, 0.2) is 249 Å². The van der Waals surface area contributed by atoms with Gasteiger partial charge in [-0.15, -0.1) is 0 Å². The van der Waals surface area contributed by atoms with Crippen LogP contribution in [0.5, 0.6) is 0 Å². The van der Waals surface area contributed by atoms with Crippen molar-refractivity contribution in [1.29, 1.82) is 5.26 Å². The van der Waals surface area contributed by atoms with E-state index in [-0.39, 0.29) is 0 Å². The molecule has 0 unspecified atom stereocenters. The van der Waals surface area contributed by atoms with Crippen molar-refractivity contribution in [1.82, 2.24) is 19.1 Å². The molecule has 0 aliphatic heterocycles. The summed E-state index contributed by atoms with van der Waals surface area (Å²) in [5.74, 6) is 0.539. The second-order valence-electron chi connectivity index (χ2n) is 21.3. The highest BCUT2D eigenvalue weighted by Crippen LogP contribution is 2.44. The van der Waals surface area contributed by atoms with Crippen molar-refractivity contribution in [2.24, 2.45) is 0 Å². The van der Waals surface area contributed by atoms with Crippen LogP contribution in [-0.2, 0) is 0 Å². The van der Waals surface area contributed by atoms with Gasteiger partial charge in [-0.25, -0.2) is 9.97 Å². The SMILES string of the molecule is Cc1ccc(-c2ccc3c(c2)c2cc(-c4ccc(C)cc4)ccc2n3-c2cc(-c3nc(-c4ccccc4)cc(-c4ccccc4)n3)c(-n3c4ccc(-c5ccc(C)cc5)cc4c4cc(-c5ccc(C)cc5)ccc43)cc2C#N)cc1. The summed E-state index contributed by atoms with van der Waals surface area (Å²) >= 11 is 0. The van der Waals surface area contributed by atoms with E-state index in [2.05, 4.69) is 279 Å². The topological polar surface area (TPSA) is 59.4 Å². The normalized spacial score (nSPS) is 11.5. The second-order valence-corrected chi connectivity index (χ2v) is 21.3. The largest absolute Gasteiger partial charge is 0.308 e. The van der Waals surface area contributed by atoms with E-state index in [0.29, 0.717) is 11.4 Å². The molecule has 0 amide bonds. The Morgan fingerprint density at radius 3 is 0.938 bits per heavy atom. The first kappa shape index (κ1) is 48.0. The molecule has 3 aromatic heterocycles. The van der Waals surface area contributed by atoms with E-state index in [1.165, 1.54) is 22.3 Å². The van der Waals surface area contributed by atoms with Gasteiger partial charge in [0.25, 0.3) is 0 Å². The monoisotopic (exact) mass is 1020 g/mol. The number of aromatic nitrogens is 4. The van der Waals surface area contributed by atoms with Gasteiger partial charge in [-0.3, -0.25) is 0 Å². The van der Waals surface area contributed by atoms with E-state index in [1.54, 1.807) is 0 Å². The van der Waals surface area contributed by atoms with E-state index in [1.807, 2.05) is 12.1 Å². The minimum atomic E-state index is 0.512. The summed E-state index contributed by atoms with van der Waals surface area (Å²) in [4.78, 5) is 11.1. The van der Waals surface area contributed by atoms with Crippen LogP contribution < -0.4 is 0 Å². The summed E-state index contributed by atoms with van der Waals surface area (Å²) in [6.07, 6.45) is 0. The van der Waals surface area contributed by atoms with Gasteiger partial charge in [0, 0.05) is 38.2 Å². The van der Waals surface area contributed by atoms with Gasteiger partial charge >= 0.3 is 0 Å². The van der Waals surface area contributed by atoms with Crippen LogP contribution in [0.2, 0.25) is 0 Å². The molecule has 0 fully saturated rings. The van der Waals surface area contributed by atoms with Gasteiger partial charge in [0.1, 0.15) is 6.07 Å². The molecule has 0 radical (unpaired) electrons. The minimum absolute atomic E-state index is 0.512. The van der Waals surface area contributed by atoms with Gasteiger partial charge in [-0.2, -0.15) is 5.26 Å². The van der Waals surface area contributed by atoms with Crippen LogP contribution in [0, 0.1) is 39.0 Å². The molecule has 0 N–H and O–H groups in total. The zero-order chi connectivity index (χ0) is 54.0. The van der Waals surface area contributed by atoms with Crippen LogP contribution >= 0.6 is 0 Å². The highest BCUT2D eigenvalue weighted by atomic mass is 15.0. The molecule has 80 heavy (non-hydrogen) atoms. The van der Waals surface area contributed by atoms with Gasteiger partial charge in [-0.05, 0) is 139 Å². The Labute approximate surface area is 465 Å². The number of hydrogen-bond donors (Lipinski definition) is 0. The number of aryl methyl sites for hydroxylation is 4. The maximum absolute atomic E-state index is 11.7. The Hall–Kier alpha value is -10.4. The predicted octanol–water partition coefficient (Wildman–Crippen LogP) is 19.4. The quantitative estimate of drug-likeness (QED) is 0.145. The summed E-state index contributed by atoms with van der Waals surface area (Å²) in [5, 5.41) is 16.1. The minimum Gasteiger partial charge on any atom is -0.308 e. The van der Waals surface area contributed by atoms with Crippen LogP contribution in [0.25, 0.3) is 133 Å². The number of nitriles is 1. The molecule has 0 spiro atoms. The fraction of sp³-hybridized carbons (Fsp3) is 0.0533. The molecule has 11 aromatic carbocycles. The lowest BCUT2D eigenvalue weighted by molar-refractivity contribution is 1.11. The first-order valence-electron chi connectivity index (χ1n) is 27.3. The van der Waals surface area contributed by atoms with Crippen molar-refractivity contribution in [3.63, 3.8) is 0 Å². The van der Waals surface area contributed by atoms with Crippen LogP contribution in [-0.4, -0.2) is 19.1 Å². The maximum Gasteiger partial charge on any atom is 0.162 e. The van der Waals surface area contributed by atoms with Crippen molar-refractivity contribution >= 4 is 43.6 Å². The molecule has 3 heterocycles. The van der Waals surface area contributed by atoms with E-state index < -0.39 is 0 Å². The summed E-state index contributed by atoms with van der Waals surface area (Å²) < 4.78 is 4.61. The Bertz CT molecular complexity index is 4490. The summed E-state index contributed by atoms with van der Waals surface area (Å²) in [6, 6.07) is 91.7. The first-order chi connectivity index (χ1) is 39.2. The standard InChI is InChI=1S/C75H53N5/c1-47-15-23-51(24-16-47)57-31-35-69-62(39-57)63-40-58(52-25-17-48(2)18-26-52)32-36-70(63)79(69)73-44-66(75-77-67(55-11-7-5-8-12-55)45-68(78-75)56-13-9-6-10-14-56)74(43-61(73)46-76)80-71-37-33-59(53-27-19-49(3)20-28-53)41-64(71)65-42-60(34-38-72(65)80)54-29-21-50(4)22-30-54/h5-45H,1-4H3. The zero-order valence-electron chi connectivity index (χ0n) is 44.9. The molecule has 0 aliphatic rings. The smallest absolute Gasteiger partial charge is 0.162 e. The number of fused-ring (bicyclic) bond motifs is 6. The van der Waals surface area contributed by atoms with Crippen LogP contribution in [0.3, 0.4) is 0 Å². The van der Waals surface area contributed by atoms with Crippen molar-refractivity contribution in [2.75, 3.05) is 0 Å². The molecule has 0 saturated carbocycles. The lowest BCUT2D eigenvalue weighted by Crippen LogP contribution is -2.06. The van der Waals surface area contributed by atoms with Gasteiger partial charge in [0.15, 0.2) is 5.82 Å². The van der Waals surface area contributed by atoms with Gasteiger partial charge in [0.05, 0.1) is 50.4 Å². The Kier molecular flexibility index (Phi) is 11.7. The highest BCUT2D eigenvalue weighted by molar-refractivity contribution is 6.14. The fourth-order valence-electron chi connectivity index (χ4n) is 11.6. The summed E-state index contributed by atoms with van der Waals surface area (Å²) in [6.45, 7) is 8.49. The second kappa shape index (κ2) is 19.6. The third-order valence-corrected chi connectivity index (χ3v) is 15.9. The lowest BCUT2D eigenvalue weighted by Gasteiger charge is -2.19. The molecular weight excluding hydrogens is 971 g/mol. The van der Waals surface area contributed by atoms with Crippen LogP contribution in [0.1, 0.15) is 27.8 Å². The maximum atomic E-state index is 11.7. The Morgan fingerprint density at radius 2 is 0.613 bits per heavy atom. The van der Waals surface area contributed by atoms with Crippen molar-refractivity contribution in [3.05, 3.63) is 277 Å². The molecular formula is C75H53N5. The molecule has 0 aliphatic carbocycles. The van der Waals surface area contributed by atoms with E-state index in [0.717, 1.165) is 128 Å². The van der Waals surface area contributed by atoms with E-state index in [9.17, 15) is 5.26 Å². The third-order valence-electron chi connectivity index (χ3n) is 15.9. The number of rotatable bonds is 9. The Morgan fingerprint density at radius 1 is 0.300 bits per heavy atom. The molecule has 5 heteroatoms. The molecule has 0 bridgehead atoms. The van der Waals surface area contributed by atoms with Crippen molar-refractivity contribution in [2.45, 2.75) is 27.7 Å². The lowest BCUT2D eigenvalue weighted by atomic mass is 9.99. The molecule has 0 atom stereocenters. The van der Waals surface area contributed by atoms with E-state index >= 15 is 0 Å². The molecule has 378 valence electrons. The van der Waals surface area contributed by atoms with Gasteiger partial charge < -0.3 is 9.13 Å². The third kappa shape index (κ3) is 8.52. The average molecular weight is 1020 g/mol. The molecule has 5 nitrogen and oxygen atoms in total. The number of benzene rings is 11. The highest BCUT2D eigenvalue weighted by Gasteiger charge is 2.25. The van der Waals surface area contributed by atoms with Gasteiger partial charge in [0.2, 0.25) is 0 Å². The predicted molar refractivity (Wildman–Crippen MR) is 332 cm³/mol. The summed E-state index contributed by atoms with van der Waals surface area (Å²) in [7, 11) is 0. The van der Waals surface area contributed by atoms with Crippen molar-refractivity contribution in [3.8, 4) is 95.9 Å². The first-order valence-corrected chi connectivity index (χ1v) is 27.3. The summed E-state index contributed by atoms with van der Waals surface area (Å²) in [5.41, 5.74) is 24.3. The number of hydrogen-bond acceptors (Lipinski definition) is 3. The molecule has 14 rings (SSSR count). The van der Waals surface area contributed by atoms with E-state index in [4.69, 9.17) is 9.97 Å². The number of nitrogens with zero attached hydrogens (tertiary/aromatic N) is 5. The van der Waals surface area contributed by atoms with Crippen LogP contribution in [0.4, 0.5) is 0 Å². The fourth-order valence-corrected chi connectivity index (χ4v) is 11.6. The van der Waals surface area contributed by atoms with Crippen molar-refractivity contribution < 1.29 is 0 Å². The Balaban J connectivity index is 1.09. The average Bonchev–Trinajstić information content (AvgIpc) is 4.18. The zero-order valence-corrected chi connectivity index (χ0v) is 44.9. The molecule has 0 saturated heterocycles. The van der Waals surface area contributed by atoms with Gasteiger partial charge in [-0.1, -0.05) is 204 Å². The molecule has 14 aromatic rings.